The van der Waals surface area contributed by atoms with Gasteiger partial charge in [-0.05, 0) is 42.3 Å². The van der Waals surface area contributed by atoms with Crippen molar-refractivity contribution in [2.45, 2.75) is 26.6 Å². The molecular weight excluding hydrogens is 380 g/mol. The van der Waals surface area contributed by atoms with E-state index in [1.54, 1.807) is 6.07 Å². The first-order valence-corrected chi connectivity index (χ1v) is 9.18. The standard InChI is InChI=1S/C20H17F2N5O2/c1-10(2)7-17-23-19(27-25-17)12-3-5-14-13(8-12)18(26-24-14)11-4-6-15-16(9-11)29-20(21,22)28-15/h3-6,8-10H,7H2,1-2H3,(H,24,26)(H,23,25,27). The first kappa shape index (κ1) is 17.6. The number of rotatable bonds is 4. The lowest BCUT2D eigenvalue weighted by atomic mass is 10.0. The third-order valence-corrected chi connectivity index (χ3v) is 4.63. The Morgan fingerprint density at radius 3 is 2.59 bits per heavy atom. The number of alkyl halides is 2. The minimum atomic E-state index is -3.65. The van der Waals surface area contributed by atoms with Crippen molar-refractivity contribution in [2.75, 3.05) is 0 Å². The molecule has 1 aliphatic rings. The van der Waals surface area contributed by atoms with Gasteiger partial charge in [0.25, 0.3) is 0 Å². The molecule has 2 aromatic heterocycles. The Morgan fingerprint density at radius 1 is 0.966 bits per heavy atom. The van der Waals surface area contributed by atoms with Gasteiger partial charge in [0.1, 0.15) is 11.5 Å². The Hall–Kier alpha value is -3.49. The number of H-pyrrole nitrogens is 2. The highest BCUT2D eigenvalue weighted by Crippen LogP contribution is 2.43. The molecule has 2 aromatic carbocycles. The molecule has 0 radical (unpaired) electrons. The van der Waals surface area contributed by atoms with Crippen LogP contribution in [0.5, 0.6) is 11.5 Å². The van der Waals surface area contributed by atoms with Crippen LogP contribution in [0, 0.1) is 5.92 Å². The summed E-state index contributed by atoms with van der Waals surface area (Å²) in [5, 5.41) is 15.4. The summed E-state index contributed by atoms with van der Waals surface area (Å²) in [6.07, 6.45) is -2.84. The second-order valence-electron chi connectivity index (χ2n) is 7.37. The Balaban J connectivity index is 1.53. The predicted octanol–water partition coefficient (Wildman–Crippen LogP) is 4.54. The maximum absolute atomic E-state index is 13.3. The molecule has 0 unspecified atom stereocenters. The molecule has 4 aromatic rings. The molecule has 0 saturated carbocycles. The minimum Gasteiger partial charge on any atom is -0.395 e. The lowest BCUT2D eigenvalue weighted by Crippen LogP contribution is -2.25. The van der Waals surface area contributed by atoms with E-state index in [1.807, 2.05) is 18.2 Å². The average Bonchev–Trinajstić information content (AvgIpc) is 3.35. The van der Waals surface area contributed by atoms with E-state index in [4.69, 9.17) is 0 Å². The van der Waals surface area contributed by atoms with Gasteiger partial charge in [-0.25, -0.2) is 4.98 Å². The molecule has 7 nitrogen and oxygen atoms in total. The van der Waals surface area contributed by atoms with E-state index < -0.39 is 6.29 Å². The van der Waals surface area contributed by atoms with Gasteiger partial charge >= 0.3 is 6.29 Å². The number of aromatic nitrogens is 5. The van der Waals surface area contributed by atoms with Crippen molar-refractivity contribution in [1.82, 2.24) is 25.4 Å². The van der Waals surface area contributed by atoms with Crippen LogP contribution in [0.2, 0.25) is 0 Å². The summed E-state index contributed by atoms with van der Waals surface area (Å²) in [6, 6.07) is 10.3. The molecule has 0 aliphatic carbocycles. The Kier molecular flexibility index (Phi) is 3.80. The molecule has 0 amide bonds. The molecule has 1 aliphatic heterocycles. The Morgan fingerprint density at radius 2 is 1.76 bits per heavy atom. The molecule has 0 atom stereocenters. The van der Waals surface area contributed by atoms with Gasteiger partial charge in [0.05, 0.1) is 5.52 Å². The van der Waals surface area contributed by atoms with Gasteiger partial charge in [0.15, 0.2) is 17.3 Å². The van der Waals surface area contributed by atoms with Crippen molar-refractivity contribution in [3.63, 3.8) is 0 Å². The smallest absolute Gasteiger partial charge is 0.395 e. The predicted molar refractivity (Wildman–Crippen MR) is 102 cm³/mol. The molecule has 0 spiro atoms. The van der Waals surface area contributed by atoms with E-state index in [9.17, 15) is 8.78 Å². The molecule has 5 rings (SSSR count). The van der Waals surface area contributed by atoms with E-state index in [1.165, 1.54) is 12.1 Å². The second kappa shape index (κ2) is 6.26. The summed E-state index contributed by atoms with van der Waals surface area (Å²) < 4.78 is 35.6. The second-order valence-corrected chi connectivity index (χ2v) is 7.37. The van der Waals surface area contributed by atoms with Crippen LogP contribution in [0.25, 0.3) is 33.5 Å². The van der Waals surface area contributed by atoms with Crippen molar-refractivity contribution in [3.05, 3.63) is 42.2 Å². The monoisotopic (exact) mass is 397 g/mol. The van der Waals surface area contributed by atoms with E-state index in [0.717, 1.165) is 28.7 Å². The van der Waals surface area contributed by atoms with Crippen molar-refractivity contribution >= 4 is 10.9 Å². The topological polar surface area (TPSA) is 88.7 Å². The maximum Gasteiger partial charge on any atom is 0.586 e. The molecule has 3 heterocycles. The molecule has 0 bridgehead atoms. The molecule has 148 valence electrons. The largest absolute Gasteiger partial charge is 0.586 e. The zero-order valence-electron chi connectivity index (χ0n) is 15.7. The van der Waals surface area contributed by atoms with Gasteiger partial charge in [-0.15, -0.1) is 8.78 Å². The summed E-state index contributed by atoms with van der Waals surface area (Å²) >= 11 is 0. The van der Waals surface area contributed by atoms with Crippen LogP contribution in [0.4, 0.5) is 8.78 Å². The number of fused-ring (bicyclic) bond motifs is 2. The Labute approximate surface area is 164 Å². The first-order valence-electron chi connectivity index (χ1n) is 9.18. The molecule has 2 N–H and O–H groups in total. The molecule has 9 heteroatoms. The number of nitrogens with one attached hydrogen (secondary N) is 2. The van der Waals surface area contributed by atoms with Crippen molar-refractivity contribution in [1.29, 1.82) is 0 Å². The molecule has 0 fully saturated rings. The highest BCUT2D eigenvalue weighted by Gasteiger charge is 2.43. The highest BCUT2D eigenvalue weighted by molar-refractivity contribution is 5.95. The van der Waals surface area contributed by atoms with E-state index in [2.05, 4.69) is 48.7 Å². The van der Waals surface area contributed by atoms with Crippen LogP contribution >= 0.6 is 0 Å². The van der Waals surface area contributed by atoms with Crippen LogP contribution in [-0.4, -0.2) is 31.7 Å². The van der Waals surface area contributed by atoms with Crippen LogP contribution in [0.1, 0.15) is 19.7 Å². The number of ether oxygens (including phenoxy) is 2. The van der Waals surface area contributed by atoms with Crippen molar-refractivity contribution < 1.29 is 18.3 Å². The summed E-state index contributed by atoms with van der Waals surface area (Å²) in [5.74, 6) is 1.88. The zero-order chi connectivity index (χ0) is 20.2. The number of aromatic amines is 2. The summed E-state index contributed by atoms with van der Waals surface area (Å²) in [4.78, 5) is 4.56. The van der Waals surface area contributed by atoms with E-state index >= 15 is 0 Å². The summed E-state index contributed by atoms with van der Waals surface area (Å²) in [7, 11) is 0. The van der Waals surface area contributed by atoms with E-state index in [0.29, 0.717) is 23.0 Å². The fourth-order valence-electron chi connectivity index (χ4n) is 3.37. The van der Waals surface area contributed by atoms with Crippen LogP contribution < -0.4 is 9.47 Å². The Bertz CT molecular complexity index is 1210. The lowest BCUT2D eigenvalue weighted by Gasteiger charge is -2.04. The van der Waals surface area contributed by atoms with Gasteiger partial charge < -0.3 is 9.47 Å². The average molecular weight is 397 g/mol. The van der Waals surface area contributed by atoms with E-state index in [-0.39, 0.29) is 11.5 Å². The normalized spacial score (nSPS) is 14.8. The number of hydrogen-bond acceptors (Lipinski definition) is 5. The van der Waals surface area contributed by atoms with Crippen LogP contribution in [0.3, 0.4) is 0 Å². The van der Waals surface area contributed by atoms with Gasteiger partial charge in [0, 0.05) is 22.9 Å². The third kappa shape index (κ3) is 3.18. The molecule has 29 heavy (non-hydrogen) atoms. The number of hydrogen-bond donors (Lipinski definition) is 2. The number of halogens is 2. The van der Waals surface area contributed by atoms with Gasteiger partial charge in [-0.3, -0.25) is 10.2 Å². The van der Waals surface area contributed by atoms with Gasteiger partial charge in [0.2, 0.25) is 0 Å². The summed E-state index contributed by atoms with van der Waals surface area (Å²) in [6.45, 7) is 4.24. The lowest BCUT2D eigenvalue weighted by molar-refractivity contribution is -0.286. The SMILES string of the molecule is CC(C)Cc1nc(-c2ccc3[nH]nc(-c4ccc5c(c4)OC(F)(F)O5)c3c2)n[nH]1. The zero-order valence-corrected chi connectivity index (χ0v) is 15.7. The maximum atomic E-state index is 13.3. The van der Waals surface area contributed by atoms with Crippen molar-refractivity contribution in [2.24, 2.45) is 5.92 Å². The highest BCUT2D eigenvalue weighted by atomic mass is 19.3. The molecular formula is C20H17F2N5O2. The van der Waals surface area contributed by atoms with Gasteiger partial charge in [-0.2, -0.15) is 10.2 Å². The third-order valence-electron chi connectivity index (χ3n) is 4.63. The first-order chi connectivity index (χ1) is 13.9. The summed E-state index contributed by atoms with van der Waals surface area (Å²) in [5.41, 5.74) is 2.88. The van der Waals surface area contributed by atoms with Crippen LogP contribution in [0.15, 0.2) is 36.4 Å². The van der Waals surface area contributed by atoms with Crippen LogP contribution in [-0.2, 0) is 6.42 Å². The number of nitrogens with zero attached hydrogens (tertiary/aromatic N) is 3. The quantitative estimate of drug-likeness (QED) is 0.528. The van der Waals surface area contributed by atoms with Gasteiger partial charge in [-0.1, -0.05) is 13.8 Å². The number of benzene rings is 2. The molecule has 0 saturated heterocycles. The fourth-order valence-corrected chi connectivity index (χ4v) is 3.37. The van der Waals surface area contributed by atoms with Crippen molar-refractivity contribution in [3.8, 4) is 34.1 Å². The fraction of sp³-hybridized carbons (Fsp3) is 0.250. The minimum absolute atomic E-state index is 0.00214.